The summed E-state index contributed by atoms with van der Waals surface area (Å²) in [4.78, 5) is 28.1. The van der Waals surface area contributed by atoms with Crippen LogP contribution in [0, 0.1) is 6.92 Å². The van der Waals surface area contributed by atoms with Crippen LogP contribution < -0.4 is 0 Å². The number of rotatable bonds is 3. The molecule has 0 aliphatic heterocycles. The maximum atomic E-state index is 10.5. The molecule has 0 aliphatic rings. The maximum Gasteiger partial charge on any atom is 0.302 e. The first kappa shape index (κ1) is 17.4. The highest BCUT2D eigenvalue weighted by molar-refractivity contribution is 6.09. The van der Waals surface area contributed by atoms with Gasteiger partial charge in [-0.1, -0.05) is 37.3 Å². The summed E-state index contributed by atoms with van der Waals surface area (Å²) in [6.07, 6.45) is 0.389. The van der Waals surface area contributed by atoms with Gasteiger partial charge in [-0.3, -0.25) is 14.4 Å². The fourth-order valence-electron chi connectivity index (χ4n) is 0.869. The van der Waals surface area contributed by atoms with Crippen LogP contribution in [0.15, 0.2) is 24.3 Å². The fraction of sp³-hybridized carbons (Fsp3) is 0.308. The highest BCUT2D eigenvalue weighted by Gasteiger charge is 1.94. The first-order valence-electron chi connectivity index (χ1n) is 4.68. The minimum absolute atomic E-state index is 0. The molecule has 0 radical (unpaired) electrons. The standard InChI is InChI=1S/C10H12O2.C2H2O2.CH4/c1-8-3-5-10(6-4-8)7-12-9(2)11;3-1-2-4;/h3-6H,7H2,1-2H3;1-2H;1H4. The van der Waals surface area contributed by atoms with Crippen LogP contribution in [-0.4, -0.2) is 18.5 Å². The van der Waals surface area contributed by atoms with Gasteiger partial charge >= 0.3 is 5.97 Å². The van der Waals surface area contributed by atoms with E-state index >= 15 is 0 Å². The van der Waals surface area contributed by atoms with Gasteiger partial charge in [0.2, 0.25) is 0 Å². The van der Waals surface area contributed by atoms with Crippen LogP contribution >= 0.6 is 0 Å². The van der Waals surface area contributed by atoms with Crippen molar-refractivity contribution in [3.63, 3.8) is 0 Å². The number of carbonyl (C=O) groups is 3. The number of hydrogen-bond donors (Lipinski definition) is 0. The third-order valence-electron chi connectivity index (χ3n) is 1.62. The summed E-state index contributed by atoms with van der Waals surface area (Å²) in [6, 6.07) is 7.91. The molecule has 1 aromatic carbocycles. The summed E-state index contributed by atoms with van der Waals surface area (Å²) >= 11 is 0. The molecule has 94 valence electrons. The summed E-state index contributed by atoms with van der Waals surface area (Å²) < 4.78 is 4.83. The van der Waals surface area contributed by atoms with Gasteiger partial charge < -0.3 is 4.74 Å². The van der Waals surface area contributed by atoms with E-state index in [2.05, 4.69) is 0 Å². The van der Waals surface area contributed by atoms with Crippen LogP contribution in [0.3, 0.4) is 0 Å². The van der Waals surface area contributed by atoms with E-state index in [1.807, 2.05) is 31.2 Å². The zero-order valence-electron chi connectivity index (χ0n) is 9.30. The Bertz CT molecular complexity index is 335. The molecule has 0 aliphatic carbocycles. The molecule has 0 unspecified atom stereocenters. The van der Waals surface area contributed by atoms with Crippen LogP contribution in [-0.2, 0) is 25.7 Å². The van der Waals surface area contributed by atoms with E-state index in [1.165, 1.54) is 12.5 Å². The number of aryl methyl sites for hydroxylation is 1. The molecule has 0 heterocycles. The van der Waals surface area contributed by atoms with E-state index in [4.69, 9.17) is 14.3 Å². The molecule has 0 fully saturated rings. The second kappa shape index (κ2) is 10.5. The number of hydrogen-bond acceptors (Lipinski definition) is 4. The Balaban J connectivity index is 0. The van der Waals surface area contributed by atoms with E-state index < -0.39 is 0 Å². The predicted molar refractivity (Wildman–Crippen MR) is 65.5 cm³/mol. The third-order valence-corrected chi connectivity index (χ3v) is 1.62. The molecule has 0 N–H and O–H groups in total. The van der Waals surface area contributed by atoms with E-state index in [0.717, 1.165) is 5.56 Å². The molecule has 0 amide bonds. The van der Waals surface area contributed by atoms with Gasteiger partial charge in [0.05, 0.1) is 0 Å². The smallest absolute Gasteiger partial charge is 0.302 e. The number of esters is 1. The molecule has 4 heteroatoms. The van der Waals surface area contributed by atoms with Crippen LogP contribution in [0.25, 0.3) is 0 Å². The van der Waals surface area contributed by atoms with E-state index in [9.17, 15) is 4.79 Å². The lowest BCUT2D eigenvalue weighted by atomic mass is 10.2. The lowest BCUT2D eigenvalue weighted by Gasteiger charge is -2.01. The number of aldehydes is 2. The topological polar surface area (TPSA) is 60.4 Å². The lowest BCUT2D eigenvalue weighted by molar-refractivity contribution is -0.142. The minimum Gasteiger partial charge on any atom is -0.461 e. The van der Waals surface area contributed by atoms with Crippen molar-refractivity contribution in [2.24, 2.45) is 0 Å². The summed E-state index contributed by atoms with van der Waals surface area (Å²) in [7, 11) is 0. The second-order valence-corrected chi connectivity index (χ2v) is 3.04. The molecule has 0 saturated carbocycles. The molecular weight excluding hydrogens is 220 g/mol. The first-order chi connectivity index (χ1) is 7.60. The Morgan fingerprint density at radius 2 is 1.65 bits per heavy atom. The minimum atomic E-state index is -0.240. The largest absolute Gasteiger partial charge is 0.461 e. The predicted octanol–water partition coefficient (Wildman–Crippen LogP) is 2.08. The Morgan fingerprint density at radius 1 is 1.18 bits per heavy atom. The van der Waals surface area contributed by atoms with E-state index in [0.29, 0.717) is 6.61 Å². The van der Waals surface area contributed by atoms with Gasteiger partial charge in [-0.2, -0.15) is 0 Å². The SMILES string of the molecule is C.CC(=O)OCc1ccc(C)cc1.O=CC=O. The Labute approximate surface area is 102 Å². The summed E-state index contributed by atoms with van der Waals surface area (Å²) in [5, 5.41) is 0. The van der Waals surface area contributed by atoms with Gasteiger partial charge in [-0.05, 0) is 12.5 Å². The van der Waals surface area contributed by atoms with E-state index in [-0.39, 0.29) is 26.0 Å². The van der Waals surface area contributed by atoms with Gasteiger partial charge in [-0.15, -0.1) is 0 Å². The van der Waals surface area contributed by atoms with Crippen molar-refractivity contribution < 1.29 is 19.1 Å². The van der Waals surface area contributed by atoms with Gasteiger partial charge in [0.15, 0.2) is 12.6 Å². The zero-order valence-corrected chi connectivity index (χ0v) is 9.30. The molecule has 0 spiro atoms. The molecule has 4 nitrogen and oxygen atoms in total. The van der Waals surface area contributed by atoms with Crippen molar-refractivity contribution >= 4 is 18.5 Å². The summed E-state index contributed by atoms with van der Waals surface area (Å²) in [5.41, 5.74) is 2.23. The van der Waals surface area contributed by atoms with Crippen molar-refractivity contribution in [1.82, 2.24) is 0 Å². The van der Waals surface area contributed by atoms with Gasteiger partial charge in [0.25, 0.3) is 0 Å². The van der Waals surface area contributed by atoms with Crippen molar-refractivity contribution in [2.75, 3.05) is 0 Å². The molecule has 0 aromatic heterocycles. The van der Waals surface area contributed by atoms with Gasteiger partial charge in [0, 0.05) is 6.92 Å². The average Bonchev–Trinajstić information content (AvgIpc) is 2.28. The normalized spacial score (nSPS) is 7.88. The van der Waals surface area contributed by atoms with E-state index in [1.54, 1.807) is 0 Å². The Hall–Kier alpha value is -1.97. The average molecular weight is 238 g/mol. The maximum absolute atomic E-state index is 10.5. The molecule has 1 aromatic rings. The highest BCUT2D eigenvalue weighted by atomic mass is 16.5. The molecular formula is C13H18O4. The quantitative estimate of drug-likeness (QED) is 0.459. The van der Waals surface area contributed by atoms with Crippen LogP contribution in [0.5, 0.6) is 0 Å². The van der Waals surface area contributed by atoms with Gasteiger partial charge in [0.1, 0.15) is 6.61 Å². The number of benzene rings is 1. The van der Waals surface area contributed by atoms with Crippen molar-refractivity contribution in [1.29, 1.82) is 0 Å². The summed E-state index contributed by atoms with van der Waals surface area (Å²) in [5.74, 6) is -0.240. The number of carbonyl (C=O) groups excluding carboxylic acids is 3. The van der Waals surface area contributed by atoms with Crippen LogP contribution in [0.1, 0.15) is 25.5 Å². The van der Waals surface area contributed by atoms with Gasteiger partial charge in [-0.25, -0.2) is 0 Å². The zero-order chi connectivity index (χ0) is 12.4. The molecule has 0 atom stereocenters. The molecule has 0 saturated heterocycles. The van der Waals surface area contributed by atoms with Crippen molar-refractivity contribution in [3.8, 4) is 0 Å². The highest BCUT2D eigenvalue weighted by Crippen LogP contribution is 2.04. The van der Waals surface area contributed by atoms with Crippen LogP contribution in [0.4, 0.5) is 0 Å². The third kappa shape index (κ3) is 10.3. The first-order valence-corrected chi connectivity index (χ1v) is 4.68. The monoisotopic (exact) mass is 238 g/mol. The molecule has 1 rings (SSSR count). The summed E-state index contributed by atoms with van der Waals surface area (Å²) in [6.45, 7) is 3.80. The fourth-order valence-corrected chi connectivity index (χ4v) is 0.869. The van der Waals surface area contributed by atoms with Crippen LogP contribution in [0.2, 0.25) is 0 Å². The second-order valence-electron chi connectivity index (χ2n) is 3.04. The Kier molecular flexibility index (Phi) is 10.8. The Morgan fingerprint density at radius 3 is 2.00 bits per heavy atom. The number of ether oxygens (including phenoxy) is 1. The van der Waals surface area contributed by atoms with Crippen molar-refractivity contribution in [2.45, 2.75) is 27.9 Å². The molecule has 0 bridgehead atoms. The van der Waals surface area contributed by atoms with Crippen molar-refractivity contribution in [3.05, 3.63) is 35.4 Å². The molecule has 17 heavy (non-hydrogen) atoms. The lowest BCUT2D eigenvalue weighted by Crippen LogP contribution is -1.98.